The van der Waals surface area contributed by atoms with Crippen LogP contribution in [0.1, 0.15) is 44.3 Å². The molecule has 0 aliphatic heterocycles. The molecule has 0 aromatic heterocycles. The first kappa shape index (κ1) is 15.1. The molecule has 4 nitrogen and oxygen atoms in total. The van der Waals surface area contributed by atoms with E-state index in [0.717, 1.165) is 17.7 Å². The summed E-state index contributed by atoms with van der Waals surface area (Å²) in [5, 5.41) is 14.0. The van der Waals surface area contributed by atoms with Gasteiger partial charge in [0.2, 0.25) is 0 Å². The van der Waals surface area contributed by atoms with Gasteiger partial charge in [-0.25, -0.2) is 0 Å². The van der Waals surface area contributed by atoms with Crippen molar-refractivity contribution in [2.24, 2.45) is 0 Å². The fraction of sp³-hybridized carbons (Fsp3) is 0.625. The quantitative estimate of drug-likeness (QED) is 0.805. The number of aliphatic hydroxyl groups is 1. The smallest absolute Gasteiger partial charge is 0.124 e. The Morgan fingerprint density at radius 2 is 2.05 bits per heavy atom. The van der Waals surface area contributed by atoms with Gasteiger partial charge in [0.15, 0.2) is 0 Å². The summed E-state index contributed by atoms with van der Waals surface area (Å²) in [6.07, 6.45) is 4.19. The Morgan fingerprint density at radius 1 is 1.30 bits per heavy atom. The van der Waals surface area contributed by atoms with Crippen molar-refractivity contribution in [2.75, 3.05) is 20.8 Å². The third-order valence-corrected chi connectivity index (χ3v) is 4.45. The van der Waals surface area contributed by atoms with E-state index in [0.29, 0.717) is 12.3 Å². The van der Waals surface area contributed by atoms with Gasteiger partial charge in [-0.2, -0.15) is 0 Å². The van der Waals surface area contributed by atoms with E-state index >= 15 is 0 Å². The molecule has 0 heterocycles. The zero-order valence-corrected chi connectivity index (χ0v) is 12.6. The number of nitrogens with one attached hydrogen (secondary N) is 1. The first-order valence-corrected chi connectivity index (χ1v) is 7.29. The summed E-state index contributed by atoms with van der Waals surface area (Å²) in [5.74, 6) is 1.42. The minimum atomic E-state index is -0.593. The van der Waals surface area contributed by atoms with Crippen LogP contribution in [0.5, 0.6) is 11.5 Å². The Bertz CT molecular complexity index is 438. The average Bonchev–Trinajstić information content (AvgIpc) is 2.45. The van der Waals surface area contributed by atoms with E-state index in [2.05, 4.69) is 12.2 Å². The topological polar surface area (TPSA) is 50.7 Å². The molecular weight excluding hydrogens is 254 g/mol. The first-order chi connectivity index (χ1) is 9.64. The van der Waals surface area contributed by atoms with Crippen LogP contribution in [0, 0.1) is 0 Å². The second-order valence-corrected chi connectivity index (χ2v) is 5.49. The zero-order chi connectivity index (χ0) is 14.6. The number of methoxy groups -OCH3 is 2. The number of hydrogen-bond acceptors (Lipinski definition) is 4. The van der Waals surface area contributed by atoms with Crippen molar-refractivity contribution in [1.82, 2.24) is 5.32 Å². The van der Waals surface area contributed by atoms with Gasteiger partial charge in [-0.1, -0.05) is 6.92 Å². The van der Waals surface area contributed by atoms with Crippen molar-refractivity contribution in [2.45, 2.75) is 44.2 Å². The molecule has 1 aliphatic rings. The molecule has 0 spiro atoms. The van der Waals surface area contributed by atoms with Gasteiger partial charge in [-0.3, -0.25) is 0 Å². The summed E-state index contributed by atoms with van der Waals surface area (Å²) < 4.78 is 10.5. The lowest BCUT2D eigenvalue weighted by Crippen LogP contribution is -2.51. The molecule has 4 heteroatoms. The first-order valence-electron chi connectivity index (χ1n) is 7.29. The third-order valence-electron chi connectivity index (χ3n) is 4.45. The summed E-state index contributed by atoms with van der Waals surface area (Å²) in [6, 6.07) is 5.50. The van der Waals surface area contributed by atoms with Gasteiger partial charge in [-0.05, 0) is 43.9 Å². The fourth-order valence-electron chi connectivity index (χ4n) is 2.78. The number of β-amino-alcohol motifs (C(OH)–C–C–N with tert-alkyl or cyclic N) is 1. The van der Waals surface area contributed by atoms with Crippen LogP contribution in [-0.2, 0) is 0 Å². The standard InChI is InChI=1S/C16H25NO3/c1-4-16(8-5-9-16)17-11-14(18)13-10-12(19-2)6-7-15(13)20-3/h6-7,10,14,17-18H,4-5,8-9,11H2,1-3H3. The highest BCUT2D eigenvalue weighted by molar-refractivity contribution is 5.41. The minimum absolute atomic E-state index is 0.229. The number of hydrogen-bond donors (Lipinski definition) is 2. The van der Waals surface area contributed by atoms with Gasteiger partial charge in [0.25, 0.3) is 0 Å². The van der Waals surface area contributed by atoms with E-state index in [-0.39, 0.29) is 5.54 Å². The Labute approximate surface area is 121 Å². The maximum absolute atomic E-state index is 10.4. The van der Waals surface area contributed by atoms with E-state index < -0.39 is 6.10 Å². The molecule has 112 valence electrons. The number of benzene rings is 1. The molecule has 0 amide bonds. The van der Waals surface area contributed by atoms with Crippen molar-refractivity contribution < 1.29 is 14.6 Å². The predicted octanol–water partition coefficient (Wildman–Crippen LogP) is 2.66. The van der Waals surface area contributed by atoms with Gasteiger partial charge < -0.3 is 19.9 Å². The van der Waals surface area contributed by atoms with Crippen molar-refractivity contribution in [3.8, 4) is 11.5 Å². The molecule has 1 aliphatic carbocycles. The second-order valence-electron chi connectivity index (χ2n) is 5.49. The number of rotatable bonds is 7. The van der Waals surface area contributed by atoms with E-state index in [4.69, 9.17) is 9.47 Å². The maximum atomic E-state index is 10.4. The summed E-state index contributed by atoms with van der Waals surface area (Å²) in [4.78, 5) is 0. The van der Waals surface area contributed by atoms with Crippen LogP contribution in [0.2, 0.25) is 0 Å². The SMILES string of the molecule is CCC1(NCC(O)c2cc(OC)ccc2OC)CCC1. The zero-order valence-electron chi connectivity index (χ0n) is 12.6. The highest BCUT2D eigenvalue weighted by atomic mass is 16.5. The molecule has 1 unspecified atom stereocenters. The lowest BCUT2D eigenvalue weighted by molar-refractivity contribution is 0.117. The molecule has 1 aromatic rings. The average molecular weight is 279 g/mol. The molecule has 1 atom stereocenters. The number of ether oxygens (including phenoxy) is 2. The van der Waals surface area contributed by atoms with Crippen molar-refractivity contribution in [3.05, 3.63) is 23.8 Å². The normalized spacial score (nSPS) is 18.2. The molecular formula is C16H25NO3. The van der Waals surface area contributed by atoms with Crippen LogP contribution in [0.4, 0.5) is 0 Å². The molecule has 2 N–H and O–H groups in total. The lowest BCUT2D eigenvalue weighted by Gasteiger charge is -2.43. The predicted molar refractivity (Wildman–Crippen MR) is 79.4 cm³/mol. The summed E-state index contributed by atoms with van der Waals surface area (Å²) in [7, 11) is 3.24. The monoisotopic (exact) mass is 279 g/mol. The molecule has 0 radical (unpaired) electrons. The van der Waals surface area contributed by atoms with E-state index in [9.17, 15) is 5.11 Å². The van der Waals surface area contributed by atoms with Crippen molar-refractivity contribution in [3.63, 3.8) is 0 Å². The van der Waals surface area contributed by atoms with Gasteiger partial charge in [0, 0.05) is 17.6 Å². The van der Waals surface area contributed by atoms with Gasteiger partial charge in [-0.15, -0.1) is 0 Å². The molecule has 20 heavy (non-hydrogen) atoms. The fourth-order valence-corrected chi connectivity index (χ4v) is 2.78. The Morgan fingerprint density at radius 3 is 2.55 bits per heavy atom. The van der Waals surface area contributed by atoms with E-state index in [1.54, 1.807) is 14.2 Å². The molecule has 1 fully saturated rings. The third kappa shape index (κ3) is 3.07. The van der Waals surface area contributed by atoms with Crippen LogP contribution in [-0.4, -0.2) is 31.4 Å². The highest BCUT2D eigenvalue weighted by Crippen LogP contribution is 2.35. The van der Waals surface area contributed by atoms with Crippen molar-refractivity contribution in [1.29, 1.82) is 0 Å². The van der Waals surface area contributed by atoms with Gasteiger partial charge in [0.05, 0.1) is 20.3 Å². The summed E-state index contributed by atoms with van der Waals surface area (Å²) in [6.45, 7) is 2.74. The number of aliphatic hydroxyl groups excluding tert-OH is 1. The summed E-state index contributed by atoms with van der Waals surface area (Å²) in [5.41, 5.74) is 0.998. The second kappa shape index (κ2) is 6.46. The lowest BCUT2D eigenvalue weighted by atomic mass is 9.75. The van der Waals surface area contributed by atoms with Crippen LogP contribution < -0.4 is 14.8 Å². The van der Waals surface area contributed by atoms with Crippen LogP contribution in [0.25, 0.3) is 0 Å². The van der Waals surface area contributed by atoms with E-state index in [1.807, 2.05) is 18.2 Å². The minimum Gasteiger partial charge on any atom is -0.497 e. The molecule has 0 saturated heterocycles. The molecule has 1 aromatic carbocycles. The van der Waals surface area contributed by atoms with Crippen LogP contribution in [0.15, 0.2) is 18.2 Å². The highest BCUT2D eigenvalue weighted by Gasteiger charge is 2.35. The van der Waals surface area contributed by atoms with Gasteiger partial charge in [0.1, 0.15) is 11.5 Å². The van der Waals surface area contributed by atoms with Crippen molar-refractivity contribution >= 4 is 0 Å². The molecule has 2 rings (SSSR count). The largest absolute Gasteiger partial charge is 0.497 e. The Hall–Kier alpha value is -1.26. The van der Waals surface area contributed by atoms with Gasteiger partial charge >= 0.3 is 0 Å². The Balaban J connectivity index is 2.05. The molecule has 0 bridgehead atoms. The maximum Gasteiger partial charge on any atom is 0.124 e. The van der Waals surface area contributed by atoms with Crippen LogP contribution in [0.3, 0.4) is 0 Å². The van der Waals surface area contributed by atoms with Crippen LogP contribution >= 0.6 is 0 Å². The molecule has 1 saturated carbocycles. The van der Waals surface area contributed by atoms with E-state index in [1.165, 1.54) is 19.3 Å². The Kier molecular flexibility index (Phi) is 4.89. The summed E-state index contributed by atoms with van der Waals surface area (Å²) >= 11 is 0.